The number of benzene rings is 2. The summed E-state index contributed by atoms with van der Waals surface area (Å²) >= 11 is 0. The molecule has 0 radical (unpaired) electrons. The van der Waals surface area contributed by atoms with Crippen molar-refractivity contribution in [2.24, 2.45) is 0 Å². The first kappa shape index (κ1) is 16.3. The van der Waals surface area contributed by atoms with Crippen molar-refractivity contribution in [2.75, 3.05) is 0 Å². The number of rotatable bonds is 6. The van der Waals surface area contributed by atoms with E-state index in [2.05, 4.69) is 6.58 Å². The molecular weight excluding hydrogens is 288 g/mol. The van der Waals surface area contributed by atoms with Crippen LogP contribution in [-0.4, -0.2) is 16.0 Å². The number of para-hydroxylation sites is 1. The number of carbonyl (C=O) groups excluding carboxylic acids is 1. The Morgan fingerprint density at radius 1 is 1.09 bits per heavy atom. The molecule has 0 aliphatic carbocycles. The van der Waals surface area contributed by atoms with E-state index in [1.54, 1.807) is 30.4 Å². The van der Waals surface area contributed by atoms with Gasteiger partial charge in [0.2, 0.25) is 0 Å². The van der Waals surface area contributed by atoms with Crippen molar-refractivity contribution in [1.29, 1.82) is 0 Å². The standard InChI is InChI=1S/C20H18O3/c1-2-7-16-10-6-11-18(20(16)23)19(22)14-17(21)13-12-15-8-4-3-5-9-15/h2-6,8-14,22-23H,1,7H2/b13-12+,19-14-. The van der Waals surface area contributed by atoms with Crippen molar-refractivity contribution < 1.29 is 15.0 Å². The first-order valence-corrected chi connectivity index (χ1v) is 7.21. The van der Waals surface area contributed by atoms with Crippen LogP contribution in [0.4, 0.5) is 0 Å². The van der Waals surface area contributed by atoms with Crippen molar-refractivity contribution >= 4 is 17.6 Å². The third kappa shape index (κ3) is 4.45. The Morgan fingerprint density at radius 2 is 1.83 bits per heavy atom. The van der Waals surface area contributed by atoms with Gasteiger partial charge in [-0.1, -0.05) is 54.6 Å². The third-order valence-electron chi connectivity index (χ3n) is 3.28. The monoisotopic (exact) mass is 306 g/mol. The topological polar surface area (TPSA) is 57.5 Å². The number of aliphatic hydroxyl groups is 1. The molecule has 2 aromatic rings. The van der Waals surface area contributed by atoms with Crippen LogP contribution in [0.15, 0.2) is 73.3 Å². The minimum atomic E-state index is -0.361. The third-order valence-corrected chi connectivity index (χ3v) is 3.28. The summed E-state index contributed by atoms with van der Waals surface area (Å²) in [7, 11) is 0. The number of hydrogen-bond acceptors (Lipinski definition) is 3. The largest absolute Gasteiger partial charge is 0.507 e. The van der Waals surface area contributed by atoms with E-state index in [0.29, 0.717) is 12.0 Å². The molecule has 0 spiro atoms. The molecule has 2 N–H and O–H groups in total. The zero-order valence-corrected chi connectivity index (χ0v) is 12.6. The molecule has 3 nitrogen and oxygen atoms in total. The number of aliphatic hydroxyl groups excluding tert-OH is 1. The molecule has 116 valence electrons. The van der Waals surface area contributed by atoms with E-state index in [9.17, 15) is 15.0 Å². The predicted octanol–water partition coefficient (Wildman–Crippen LogP) is 4.30. The molecule has 0 aromatic heterocycles. The minimum Gasteiger partial charge on any atom is -0.507 e. The lowest BCUT2D eigenvalue weighted by Gasteiger charge is -2.07. The summed E-state index contributed by atoms with van der Waals surface area (Å²) in [5.41, 5.74) is 1.76. The summed E-state index contributed by atoms with van der Waals surface area (Å²) in [6.07, 6.45) is 6.27. The molecule has 0 atom stereocenters. The fourth-order valence-corrected chi connectivity index (χ4v) is 2.12. The first-order valence-electron chi connectivity index (χ1n) is 7.21. The van der Waals surface area contributed by atoms with E-state index in [1.807, 2.05) is 30.3 Å². The Kier molecular flexibility index (Phi) is 5.53. The fourth-order valence-electron chi connectivity index (χ4n) is 2.12. The van der Waals surface area contributed by atoms with E-state index in [-0.39, 0.29) is 22.9 Å². The van der Waals surface area contributed by atoms with E-state index in [1.165, 1.54) is 6.08 Å². The maximum atomic E-state index is 11.9. The molecule has 0 aliphatic heterocycles. The normalized spacial score (nSPS) is 11.6. The lowest BCUT2D eigenvalue weighted by molar-refractivity contribution is -0.110. The van der Waals surface area contributed by atoms with E-state index < -0.39 is 0 Å². The molecule has 0 amide bonds. The highest BCUT2D eigenvalue weighted by Gasteiger charge is 2.10. The summed E-state index contributed by atoms with van der Waals surface area (Å²) in [5, 5.41) is 20.2. The smallest absolute Gasteiger partial charge is 0.182 e. The molecule has 2 aromatic carbocycles. The molecule has 0 heterocycles. The van der Waals surface area contributed by atoms with Gasteiger partial charge in [-0.2, -0.15) is 0 Å². The summed E-state index contributed by atoms with van der Waals surface area (Å²) < 4.78 is 0. The summed E-state index contributed by atoms with van der Waals surface area (Å²) in [5.74, 6) is -0.669. The zero-order chi connectivity index (χ0) is 16.7. The zero-order valence-electron chi connectivity index (χ0n) is 12.6. The van der Waals surface area contributed by atoms with Gasteiger partial charge in [0.05, 0.1) is 5.56 Å². The minimum absolute atomic E-state index is 0.0408. The van der Waals surface area contributed by atoms with E-state index in [4.69, 9.17) is 0 Å². The molecule has 2 rings (SSSR count). The second-order valence-corrected chi connectivity index (χ2v) is 4.98. The maximum Gasteiger partial charge on any atom is 0.182 e. The average Bonchev–Trinajstić information content (AvgIpc) is 2.56. The van der Waals surface area contributed by atoms with Crippen molar-refractivity contribution in [3.05, 3.63) is 90.0 Å². The Bertz CT molecular complexity index is 756. The lowest BCUT2D eigenvalue weighted by Crippen LogP contribution is -1.93. The quantitative estimate of drug-likeness (QED) is 0.475. The maximum absolute atomic E-state index is 11.9. The molecule has 0 unspecified atom stereocenters. The van der Waals surface area contributed by atoms with Crippen LogP contribution in [0.1, 0.15) is 16.7 Å². The first-order chi connectivity index (χ1) is 11.1. The van der Waals surface area contributed by atoms with Gasteiger partial charge in [0.15, 0.2) is 5.78 Å². The van der Waals surface area contributed by atoms with Crippen LogP contribution in [0.2, 0.25) is 0 Å². The Morgan fingerprint density at radius 3 is 2.52 bits per heavy atom. The van der Waals surface area contributed by atoms with Gasteiger partial charge >= 0.3 is 0 Å². The highest BCUT2D eigenvalue weighted by Crippen LogP contribution is 2.28. The highest BCUT2D eigenvalue weighted by molar-refractivity contribution is 6.05. The summed E-state index contributed by atoms with van der Waals surface area (Å²) in [4.78, 5) is 11.9. The second kappa shape index (κ2) is 7.80. The van der Waals surface area contributed by atoms with Gasteiger partial charge in [-0.3, -0.25) is 4.79 Å². The van der Waals surface area contributed by atoms with Crippen molar-refractivity contribution in [1.82, 2.24) is 0 Å². The van der Waals surface area contributed by atoms with Gasteiger partial charge in [-0.15, -0.1) is 6.58 Å². The predicted molar refractivity (Wildman–Crippen MR) is 93.1 cm³/mol. The van der Waals surface area contributed by atoms with Crippen LogP contribution in [0.25, 0.3) is 11.8 Å². The molecule has 0 fully saturated rings. The number of allylic oxidation sites excluding steroid dienone is 3. The van der Waals surface area contributed by atoms with Crippen LogP contribution < -0.4 is 0 Å². The second-order valence-electron chi connectivity index (χ2n) is 4.98. The van der Waals surface area contributed by atoms with E-state index >= 15 is 0 Å². The van der Waals surface area contributed by atoms with Crippen LogP contribution >= 0.6 is 0 Å². The summed E-state index contributed by atoms with van der Waals surface area (Å²) in [6, 6.07) is 14.4. The number of aromatic hydroxyl groups is 1. The lowest BCUT2D eigenvalue weighted by atomic mass is 10.0. The van der Waals surface area contributed by atoms with Crippen molar-refractivity contribution in [3.63, 3.8) is 0 Å². The molecule has 0 bridgehead atoms. The van der Waals surface area contributed by atoms with Crippen molar-refractivity contribution in [3.8, 4) is 5.75 Å². The molecule has 0 saturated heterocycles. The number of hydrogen-bond donors (Lipinski definition) is 2. The van der Waals surface area contributed by atoms with Crippen molar-refractivity contribution in [2.45, 2.75) is 6.42 Å². The van der Waals surface area contributed by atoms with Gasteiger partial charge in [0.25, 0.3) is 0 Å². The van der Waals surface area contributed by atoms with Gasteiger partial charge in [-0.25, -0.2) is 0 Å². The molecule has 0 saturated carbocycles. The van der Waals surface area contributed by atoms with E-state index in [0.717, 1.165) is 11.6 Å². The molecule has 23 heavy (non-hydrogen) atoms. The molecular formula is C20H18O3. The Labute approximate surface area is 135 Å². The average molecular weight is 306 g/mol. The number of ketones is 1. The van der Waals surface area contributed by atoms with Crippen LogP contribution in [0.5, 0.6) is 5.75 Å². The van der Waals surface area contributed by atoms with Crippen LogP contribution in [0, 0.1) is 0 Å². The SMILES string of the molecule is C=CCc1cccc(/C(O)=C/C(=O)/C=C/c2ccccc2)c1O. The van der Waals surface area contributed by atoms with Gasteiger partial charge in [0.1, 0.15) is 11.5 Å². The molecule has 0 aliphatic rings. The Hall–Kier alpha value is -3.07. The molecule has 3 heteroatoms. The number of phenols is 1. The van der Waals surface area contributed by atoms with Gasteiger partial charge in [0, 0.05) is 6.08 Å². The van der Waals surface area contributed by atoms with Crippen LogP contribution in [0.3, 0.4) is 0 Å². The fraction of sp³-hybridized carbons (Fsp3) is 0.0500. The highest BCUT2D eigenvalue weighted by atomic mass is 16.3. The summed E-state index contributed by atoms with van der Waals surface area (Å²) in [6.45, 7) is 3.62. The number of phenolic OH excluding ortho intramolecular Hbond substituents is 1. The van der Waals surface area contributed by atoms with Crippen LogP contribution in [-0.2, 0) is 11.2 Å². The van der Waals surface area contributed by atoms with Gasteiger partial charge in [-0.05, 0) is 29.7 Å². The van der Waals surface area contributed by atoms with Gasteiger partial charge < -0.3 is 10.2 Å². The Balaban J connectivity index is 2.19. The number of carbonyl (C=O) groups is 1.